The average Bonchev–Trinajstić information content (AvgIpc) is 2.62. The van der Waals surface area contributed by atoms with Crippen molar-refractivity contribution in [3.05, 3.63) is 0 Å². The Labute approximate surface area is 87.5 Å². The normalized spacial score (nSPS) is 25.9. The van der Waals surface area contributed by atoms with Gasteiger partial charge in [-0.2, -0.15) is 0 Å². The Balaban J connectivity index is 2.16. The van der Waals surface area contributed by atoms with E-state index in [-0.39, 0.29) is 12.6 Å². The molecule has 1 aliphatic rings. The van der Waals surface area contributed by atoms with Crippen LogP contribution in [0.1, 0.15) is 27.2 Å². The van der Waals surface area contributed by atoms with Crippen LogP contribution >= 0.6 is 0 Å². The standard InChI is InChI=1S/C11H24N2O/c1-9(2)13-5-4-11(7-13)6-12-10(3)8-14/h9-12,14H,4-8H2,1-3H3. The first-order valence-electron chi connectivity index (χ1n) is 5.71. The Hall–Kier alpha value is -0.120. The van der Waals surface area contributed by atoms with Crippen LogP contribution in [-0.2, 0) is 0 Å². The van der Waals surface area contributed by atoms with Crippen molar-refractivity contribution >= 4 is 0 Å². The van der Waals surface area contributed by atoms with Crippen LogP contribution in [-0.4, -0.2) is 48.3 Å². The molecule has 1 heterocycles. The lowest BCUT2D eigenvalue weighted by molar-refractivity contribution is 0.239. The zero-order valence-electron chi connectivity index (χ0n) is 9.66. The van der Waals surface area contributed by atoms with Crippen molar-refractivity contribution < 1.29 is 5.11 Å². The molecule has 0 spiro atoms. The topological polar surface area (TPSA) is 35.5 Å². The number of nitrogens with zero attached hydrogens (tertiary/aromatic N) is 1. The number of hydrogen-bond acceptors (Lipinski definition) is 3. The lowest BCUT2D eigenvalue weighted by Crippen LogP contribution is -2.35. The van der Waals surface area contributed by atoms with Gasteiger partial charge in [-0.05, 0) is 46.2 Å². The summed E-state index contributed by atoms with van der Waals surface area (Å²) < 4.78 is 0. The van der Waals surface area contributed by atoms with Crippen molar-refractivity contribution in [1.29, 1.82) is 0 Å². The Morgan fingerprint density at radius 2 is 2.14 bits per heavy atom. The van der Waals surface area contributed by atoms with Crippen molar-refractivity contribution in [2.75, 3.05) is 26.2 Å². The highest BCUT2D eigenvalue weighted by atomic mass is 16.3. The monoisotopic (exact) mass is 200 g/mol. The summed E-state index contributed by atoms with van der Waals surface area (Å²) in [6.45, 7) is 10.3. The van der Waals surface area contributed by atoms with Crippen LogP contribution < -0.4 is 5.32 Å². The number of nitrogens with one attached hydrogen (secondary N) is 1. The molecule has 0 amide bonds. The highest BCUT2D eigenvalue weighted by Gasteiger charge is 2.23. The van der Waals surface area contributed by atoms with E-state index in [9.17, 15) is 0 Å². The fourth-order valence-corrected chi connectivity index (χ4v) is 1.93. The summed E-state index contributed by atoms with van der Waals surface area (Å²) in [6.07, 6.45) is 1.29. The molecule has 84 valence electrons. The first-order valence-corrected chi connectivity index (χ1v) is 5.71. The molecule has 1 saturated heterocycles. The first-order chi connectivity index (χ1) is 6.63. The van der Waals surface area contributed by atoms with Crippen LogP contribution in [0, 0.1) is 5.92 Å². The van der Waals surface area contributed by atoms with E-state index < -0.39 is 0 Å². The zero-order chi connectivity index (χ0) is 10.6. The molecule has 3 heteroatoms. The van der Waals surface area contributed by atoms with E-state index >= 15 is 0 Å². The third-order valence-electron chi connectivity index (χ3n) is 3.08. The molecule has 1 rings (SSSR count). The summed E-state index contributed by atoms with van der Waals surface area (Å²) in [5, 5.41) is 12.2. The third-order valence-corrected chi connectivity index (χ3v) is 3.08. The summed E-state index contributed by atoms with van der Waals surface area (Å²) >= 11 is 0. The molecule has 14 heavy (non-hydrogen) atoms. The van der Waals surface area contributed by atoms with Crippen LogP contribution in [0.15, 0.2) is 0 Å². The molecule has 2 N–H and O–H groups in total. The lowest BCUT2D eigenvalue weighted by Gasteiger charge is -2.20. The predicted molar refractivity (Wildman–Crippen MR) is 59.4 cm³/mol. The highest BCUT2D eigenvalue weighted by Crippen LogP contribution is 2.17. The van der Waals surface area contributed by atoms with Crippen molar-refractivity contribution in [1.82, 2.24) is 10.2 Å². The van der Waals surface area contributed by atoms with Crippen molar-refractivity contribution in [3.63, 3.8) is 0 Å². The minimum Gasteiger partial charge on any atom is -0.395 e. The van der Waals surface area contributed by atoms with Gasteiger partial charge >= 0.3 is 0 Å². The van der Waals surface area contributed by atoms with Crippen molar-refractivity contribution in [3.8, 4) is 0 Å². The van der Waals surface area contributed by atoms with Crippen molar-refractivity contribution in [2.45, 2.75) is 39.3 Å². The minimum atomic E-state index is 0.237. The molecule has 0 radical (unpaired) electrons. The number of hydrogen-bond donors (Lipinski definition) is 2. The van der Waals surface area contributed by atoms with Gasteiger partial charge < -0.3 is 15.3 Å². The van der Waals surface area contributed by atoms with Crippen LogP contribution in [0.4, 0.5) is 0 Å². The van der Waals surface area contributed by atoms with Gasteiger partial charge in [0.25, 0.3) is 0 Å². The summed E-state index contributed by atoms with van der Waals surface area (Å²) in [7, 11) is 0. The smallest absolute Gasteiger partial charge is 0.0581 e. The second-order valence-corrected chi connectivity index (χ2v) is 4.74. The van der Waals surface area contributed by atoms with Gasteiger partial charge in [-0.1, -0.05) is 0 Å². The predicted octanol–water partition coefficient (Wildman–Crippen LogP) is 0.687. The molecule has 2 atom stereocenters. The van der Waals surface area contributed by atoms with E-state index in [1.54, 1.807) is 0 Å². The van der Waals surface area contributed by atoms with Gasteiger partial charge in [-0.15, -0.1) is 0 Å². The highest BCUT2D eigenvalue weighted by molar-refractivity contribution is 4.79. The average molecular weight is 200 g/mol. The Bertz CT molecular complexity index is 161. The van der Waals surface area contributed by atoms with E-state index in [1.165, 1.54) is 19.5 Å². The molecule has 2 unspecified atom stereocenters. The van der Waals surface area contributed by atoms with Gasteiger partial charge in [0.1, 0.15) is 0 Å². The first kappa shape index (κ1) is 12.0. The van der Waals surface area contributed by atoms with Gasteiger partial charge in [0, 0.05) is 18.6 Å². The summed E-state index contributed by atoms with van der Waals surface area (Å²) in [5.41, 5.74) is 0. The quantitative estimate of drug-likeness (QED) is 0.685. The van der Waals surface area contributed by atoms with Gasteiger partial charge in [0.05, 0.1) is 6.61 Å². The molecule has 0 aromatic heterocycles. The van der Waals surface area contributed by atoms with Crippen LogP contribution in [0.2, 0.25) is 0 Å². The largest absolute Gasteiger partial charge is 0.395 e. The van der Waals surface area contributed by atoms with E-state index in [1.807, 2.05) is 6.92 Å². The number of aliphatic hydroxyl groups is 1. The van der Waals surface area contributed by atoms with Crippen LogP contribution in [0.3, 0.4) is 0 Å². The van der Waals surface area contributed by atoms with Crippen LogP contribution in [0.5, 0.6) is 0 Å². The Morgan fingerprint density at radius 1 is 1.43 bits per heavy atom. The molecular weight excluding hydrogens is 176 g/mol. The SMILES string of the molecule is CC(CO)NCC1CCN(C(C)C)C1. The van der Waals surface area contributed by atoms with Crippen molar-refractivity contribution in [2.24, 2.45) is 5.92 Å². The molecule has 1 fully saturated rings. The van der Waals surface area contributed by atoms with Gasteiger partial charge in [-0.3, -0.25) is 0 Å². The fraction of sp³-hybridized carbons (Fsp3) is 1.00. The maximum absolute atomic E-state index is 8.88. The van der Waals surface area contributed by atoms with Crippen LogP contribution in [0.25, 0.3) is 0 Å². The zero-order valence-corrected chi connectivity index (χ0v) is 9.66. The third kappa shape index (κ3) is 3.56. The molecule has 3 nitrogen and oxygen atoms in total. The Kier molecular flexibility index (Phi) is 4.85. The van der Waals surface area contributed by atoms with E-state index in [4.69, 9.17) is 5.11 Å². The molecule has 0 bridgehead atoms. The summed E-state index contributed by atoms with van der Waals surface area (Å²) in [4.78, 5) is 2.52. The lowest BCUT2D eigenvalue weighted by atomic mass is 10.1. The molecule has 0 aromatic rings. The molecule has 0 saturated carbocycles. The molecule has 0 aliphatic carbocycles. The number of rotatable bonds is 5. The summed E-state index contributed by atoms with van der Waals surface area (Å²) in [6, 6.07) is 0.915. The molecular formula is C11H24N2O. The fourth-order valence-electron chi connectivity index (χ4n) is 1.93. The van der Waals surface area contributed by atoms with E-state index in [0.717, 1.165) is 12.5 Å². The molecule has 0 aromatic carbocycles. The summed E-state index contributed by atoms with van der Waals surface area (Å²) in [5.74, 6) is 0.770. The maximum atomic E-state index is 8.88. The minimum absolute atomic E-state index is 0.237. The van der Waals surface area contributed by atoms with Gasteiger partial charge in [0.2, 0.25) is 0 Å². The molecule has 1 aliphatic heterocycles. The Morgan fingerprint density at radius 3 is 2.64 bits per heavy atom. The second kappa shape index (κ2) is 5.69. The van der Waals surface area contributed by atoms with E-state index in [2.05, 4.69) is 24.1 Å². The van der Waals surface area contributed by atoms with Gasteiger partial charge in [0.15, 0.2) is 0 Å². The number of likely N-dealkylation sites (tertiary alicyclic amines) is 1. The maximum Gasteiger partial charge on any atom is 0.0581 e. The second-order valence-electron chi connectivity index (χ2n) is 4.74. The van der Waals surface area contributed by atoms with E-state index in [0.29, 0.717) is 6.04 Å². The number of aliphatic hydroxyl groups excluding tert-OH is 1. The van der Waals surface area contributed by atoms with Gasteiger partial charge in [-0.25, -0.2) is 0 Å².